The summed E-state index contributed by atoms with van der Waals surface area (Å²) >= 11 is 3.72. The predicted molar refractivity (Wildman–Crippen MR) is 42.9 cm³/mol. The van der Waals surface area contributed by atoms with Crippen molar-refractivity contribution in [2.45, 2.75) is 11.6 Å². The third-order valence-electron chi connectivity index (χ3n) is 1.23. The van der Waals surface area contributed by atoms with Crippen molar-refractivity contribution >= 4 is 12.6 Å². The van der Waals surface area contributed by atoms with Crippen LogP contribution in [0.5, 0.6) is 0 Å². The topological polar surface area (TPSA) is 51.8 Å². The van der Waals surface area contributed by atoms with E-state index in [2.05, 4.69) is 22.6 Å². The minimum atomic E-state index is -4.47. The Labute approximate surface area is 77.6 Å². The summed E-state index contributed by atoms with van der Waals surface area (Å²) in [6, 6.07) is 0.777. The monoisotopic (exact) mass is 209 g/mol. The fraction of sp³-hybridized carbons (Fsp3) is 0.333. The largest absolute Gasteiger partial charge is 0.433 e. The van der Waals surface area contributed by atoms with E-state index in [1.54, 1.807) is 0 Å². The SMILES string of the molecule is NC(S)c1nccc(C(F)(F)F)n1. The normalized spacial score (nSPS) is 14.2. The Morgan fingerprint density at radius 2 is 2.08 bits per heavy atom. The molecule has 7 heteroatoms. The molecule has 0 fully saturated rings. The highest BCUT2D eigenvalue weighted by molar-refractivity contribution is 7.80. The summed E-state index contributed by atoms with van der Waals surface area (Å²) in [6.07, 6.45) is -3.47. The molecule has 0 aliphatic carbocycles. The van der Waals surface area contributed by atoms with Crippen LogP contribution < -0.4 is 5.73 Å². The second-order valence-electron chi connectivity index (χ2n) is 2.24. The number of hydrogen-bond acceptors (Lipinski definition) is 4. The first-order valence-electron chi connectivity index (χ1n) is 3.25. The number of rotatable bonds is 1. The number of alkyl halides is 3. The first-order valence-corrected chi connectivity index (χ1v) is 3.76. The third kappa shape index (κ3) is 2.56. The Balaban J connectivity index is 3.06. The molecule has 2 N–H and O–H groups in total. The zero-order valence-corrected chi connectivity index (χ0v) is 7.18. The number of hydrogen-bond donors (Lipinski definition) is 2. The Morgan fingerprint density at radius 3 is 2.54 bits per heavy atom. The van der Waals surface area contributed by atoms with Crippen molar-refractivity contribution in [3.63, 3.8) is 0 Å². The minimum absolute atomic E-state index is 0.141. The lowest BCUT2D eigenvalue weighted by Gasteiger charge is -2.07. The highest BCUT2D eigenvalue weighted by Gasteiger charge is 2.32. The van der Waals surface area contributed by atoms with Gasteiger partial charge < -0.3 is 5.73 Å². The molecule has 0 aromatic carbocycles. The van der Waals surface area contributed by atoms with Crippen molar-refractivity contribution in [2.75, 3.05) is 0 Å². The molecule has 1 atom stereocenters. The minimum Gasteiger partial charge on any atom is -0.313 e. The predicted octanol–water partition coefficient (Wildman–Crippen LogP) is 1.38. The van der Waals surface area contributed by atoms with Crippen molar-refractivity contribution in [2.24, 2.45) is 5.73 Å². The molecule has 1 aromatic heterocycles. The van der Waals surface area contributed by atoms with Gasteiger partial charge in [0, 0.05) is 6.20 Å². The number of thiol groups is 1. The van der Waals surface area contributed by atoms with E-state index >= 15 is 0 Å². The maximum Gasteiger partial charge on any atom is 0.433 e. The van der Waals surface area contributed by atoms with Gasteiger partial charge in [0.2, 0.25) is 0 Å². The van der Waals surface area contributed by atoms with Crippen LogP contribution in [0, 0.1) is 0 Å². The van der Waals surface area contributed by atoms with Gasteiger partial charge in [-0.2, -0.15) is 25.8 Å². The van der Waals surface area contributed by atoms with Gasteiger partial charge in [0.05, 0.1) is 0 Å². The Kier molecular flexibility index (Phi) is 2.77. The molecule has 72 valence electrons. The van der Waals surface area contributed by atoms with Gasteiger partial charge >= 0.3 is 6.18 Å². The standard InChI is InChI=1S/C6H6F3N3S/c7-6(8,9)3-1-2-11-5(12-3)4(10)13/h1-2,4,13H,10H2. The number of nitrogens with zero attached hydrogens (tertiary/aromatic N) is 2. The van der Waals surface area contributed by atoms with Crippen LogP contribution >= 0.6 is 12.6 Å². The summed E-state index contributed by atoms with van der Waals surface area (Å²) in [4.78, 5) is 6.75. The van der Waals surface area contributed by atoms with Gasteiger partial charge in [-0.05, 0) is 6.07 Å². The summed E-state index contributed by atoms with van der Waals surface area (Å²) in [7, 11) is 0. The van der Waals surface area contributed by atoms with E-state index in [4.69, 9.17) is 5.73 Å². The van der Waals surface area contributed by atoms with Crippen LogP contribution in [0.15, 0.2) is 12.3 Å². The van der Waals surface area contributed by atoms with E-state index in [-0.39, 0.29) is 5.82 Å². The Morgan fingerprint density at radius 1 is 1.46 bits per heavy atom. The maximum absolute atomic E-state index is 12.1. The Bertz CT molecular complexity index is 299. The van der Waals surface area contributed by atoms with Gasteiger partial charge in [-0.1, -0.05) is 0 Å². The molecule has 13 heavy (non-hydrogen) atoms. The second-order valence-corrected chi connectivity index (χ2v) is 2.80. The van der Waals surface area contributed by atoms with E-state index < -0.39 is 17.2 Å². The van der Waals surface area contributed by atoms with Crippen molar-refractivity contribution in [1.82, 2.24) is 9.97 Å². The van der Waals surface area contributed by atoms with Crippen molar-refractivity contribution < 1.29 is 13.2 Å². The smallest absolute Gasteiger partial charge is 0.313 e. The van der Waals surface area contributed by atoms with Crippen LogP contribution in [0.1, 0.15) is 16.9 Å². The number of nitrogens with two attached hydrogens (primary N) is 1. The molecule has 1 unspecified atom stereocenters. The van der Waals surface area contributed by atoms with Gasteiger partial charge in [0.1, 0.15) is 11.1 Å². The third-order valence-corrected chi connectivity index (χ3v) is 1.46. The fourth-order valence-electron chi connectivity index (χ4n) is 0.674. The van der Waals surface area contributed by atoms with E-state index in [1.165, 1.54) is 0 Å². The van der Waals surface area contributed by atoms with Crippen molar-refractivity contribution in [3.8, 4) is 0 Å². The summed E-state index contributed by atoms with van der Waals surface area (Å²) < 4.78 is 36.2. The zero-order valence-electron chi connectivity index (χ0n) is 6.28. The molecule has 1 aromatic rings. The molecule has 0 amide bonds. The molecule has 0 saturated carbocycles. The Hall–Kier alpha value is -0.820. The van der Waals surface area contributed by atoms with E-state index in [0.717, 1.165) is 12.3 Å². The molecular formula is C6H6F3N3S. The maximum atomic E-state index is 12.1. The molecule has 0 aliphatic heterocycles. The first-order chi connectivity index (χ1) is 5.91. The van der Waals surface area contributed by atoms with E-state index in [1.807, 2.05) is 0 Å². The lowest BCUT2D eigenvalue weighted by atomic mass is 10.4. The average Bonchev–Trinajstić information content (AvgIpc) is 2.03. The van der Waals surface area contributed by atoms with E-state index in [9.17, 15) is 13.2 Å². The number of halogens is 3. The average molecular weight is 209 g/mol. The van der Waals surface area contributed by atoms with Gasteiger partial charge in [0.25, 0.3) is 0 Å². The summed E-state index contributed by atoms with van der Waals surface area (Å²) in [5, 5.41) is -0.901. The van der Waals surface area contributed by atoms with Crippen LogP contribution in [0.3, 0.4) is 0 Å². The quantitative estimate of drug-likeness (QED) is 0.542. The highest BCUT2D eigenvalue weighted by atomic mass is 32.1. The molecule has 0 bridgehead atoms. The molecular weight excluding hydrogens is 203 g/mol. The molecule has 1 rings (SSSR count). The van der Waals surface area contributed by atoms with Crippen molar-refractivity contribution in [3.05, 3.63) is 23.8 Å². The molecule has 0 saturated heterocycles. The van der Waals surface area contributed by atoms with Gasteiger partial charge in [-0.25, -0.2) is 9.97 Å². The van der Waals surface area contributed by atoms with Crippen LogP contribution in [0.4, 0.5) is 13.2 Å². The highest BCUT2D eigenvalue weighted by Crippen LogP contribution is 2.27. The lowest BCUT2D eigenvalue weighted by Crippen LogP contribution is -2.14. The zero-order chi connectivity index (χ0) is 10.1. The fourth-order valence-corrected chi connectivity index (χ4v) is 0.799. The van der Waals surface area contributed by atoms with Gasteiger partial charge in [-0.3, -0.25) is 0 Å². The second kappa shape index (κ2) is 3.51. The molecule has 1 heterocycles. The first kappa shape index (κ1) is 10.3. The lowest BCUT2D eigenvalue weighted by molar-refractivity contribution is -0.141. The van der Waals surface area contributed by atoms with Crippen LogP contribution in [-0.2, 0) is 6.18 Å². The summed E-state index contributed by atoms with van der Waals surface area (Å²) in [6.45, 7) is 0. The van der Waals surface area contributed by atoms with Crippen LogP contribution in [0.25, 0.3) is 0 Å². The molecule has 3 nitrogen and oxygen atoms in total. The van der Waals surface area contributed by atoms with Crippen LogP contribution in [0.2, 0.25) is 0 Å². The molecule has 0 spiro atoms. The molecule has 0 aliphatic rings. The summed E-state index contributed by atoms with van der Waals surface area (Å²) in [5.41, 5.74) is 4.19. The van der Waals surface area contributed by atoms with Crippen molar-refractivity contribution in [1.29, 1.82) is 0 Å². The van der Waals surface area contributed by atoms with Crippen LogP contribution in [-0.4, -0.2) is 9.97 Å². The van der Waals surface area contributed by atoms with Gasteiger partial charge in [-0.15, -0.1) is 0 Å². The van der Waals surface area contributed by atoms with Gasteiger partial charge in [0.15, 0.2) is 5.82 Å². The summed E-state index contributed by atoms with van der Waals surface area (Å²) in [5.74, 6) is -0.141. The van der Waals surface area contributed by atoms with E-state index in [0.29, 0.717) is 0 Å². The number of aromatic nitrogens is 2. The molecule has 0 radical (unpaired) electrons.